The van der Waals surface area contributed by atoms with Gasteiger partial charge >= 0.3 is 5.97 Å². The quantitative estimate of drug-likeness (QED) is 0.743. The second-order valence-corrected chi connectivity index (χ2v) is 7.74. The van der Waals surface area contributed by atoms with Crippen molar-refractivity contribution in [1.29, 1.82) is 0 Å². The van der Waals surface area contributed by atoms with E-state index in [0.717, 1.165) is 0 Å². The van der Waals surface area contributed by atoms with Crippen LogP contribution in [0.2, 0.25) is 5.02 Å². The maximum absolute atomic E-state index is 11.6. The van der Waals surface area contributed by atoms with Crippen LogP contribution >= 0.6 is 11.6 Å². The van der Waals surface area contributed by atoms with E-state index in [1.165, 1.54) is 0 Å². The van der Waals surface area contributed by atoms with E-state index in [1.807, 2.05) is 0 Å². The van der Waals surface area contributed by atoms with Gasteiger partial charge in [0.05, 0.1) is 11.5 Å². The fourth-order valence-electron chi connectivity index (χ4n) is 2.04. The zero-order valence-corrected chi connectivity index (χ0v) is 13.7. The van der Waals surface area contributed by atoms with E-state index in [0.29, 0.717) is 17.2 Å². The first-order valence-electron chi connectivity index (χ1n) is 6.88. The number of hydrogen-bond donors (Lipinski definition) is 1. The lowest BCUT2D eigenvalue weighted by molar-refractivity contribution is -0.150. The lowest BCUT2D eigenvalue weighted by Gasteiger charge is -2.11. The third-order valence-electron chi connectivity index (χ3n) is 3.13. The topological polar surface area (TPSA) is 98.8 Å². The van der Waals surface area contributed by atoms with Gasteiger partial charge in [-0.3, -0.25) is 4.79 Å². The summed E-state index contributed by atoms with van der Waals surface area (Å²) >= 11 is 5.72. The van der Waals surface area contributed by atoms with Crippen molar-refractivity contribution in [1.82, 2.24) is 5.32 Å². The second-order valence-electron chi connectivity index (χ2n) is 5.07. The molecule has 1 atom stereocenters. The molecule has 9 heteroatoms. The highest BCUT2D eigenvalue weighted by molar-refractivity contribution is 7.91. The predicted molar refractivity (Wildman–Crippen MR) is 83.1 cm³/mol. The summed E-state index contributed by atoms with van der Waals surface area (Å²) in [6.45, 7) is -0.813. The van der Waals surface area contributed by atoms with Gasteiger partial charge in [0.25, 0.3) is 5.91 Å². The molecule has 1 fully saturated rings. The van der Waals surface area contributed by atoms with Crippen molar-refractivity contribution < 1.29 is 27.5 Å². The highest BCUT2D eigenvalue weighted by Crippen LogP contribution is 2.15. The first kappa shape index (κ1) is 17.6. The molecule has 1 aliphatic heterocycles. The first-order chi connectivity index (χ1) is 10.8. The molecule has 126 valence electrons. The smallest absolute Gasteiger partial charge is 0.344 e. The largest absolute Gasteiger partial charge is 0.482 e. The molecule has 1 heterocycles. The minimum Gasteiger partial charge on any atom is -0.482 e. The molecule has 0 bridgehead atoms. The third kappa shape index (κ3) is 6.07. The van der Waals surface area contributed by atoms with Crippen molar-refractivity contribution in [2.45, 2.75) is 12.5 Å². The number of ether oxygens (including phenoxy) is 2. The molecule has 1 saturated heterocycles. The molecule has 1 aromatic rings. The van der Waals surface area contributed by atoms with Gasteiger partial charge in [0.2, 0.25) is 0 Å². The highest BCUT2D eigenvalue weighted by atomic mass is 35.5. The molecular weight excluding hydrogens is 346 g/mol. The molecule has 0 aliphatic carbocycles. The summed E-state index contributed by atoms with van der Waals surface area (Å²) in [5, 5.41) is 3.07. The molecule has 0 unspecified atom stereocenters. The standard InChI is InChI=1S/C14H16ClNO6S/c15-10-1-3-12(4-2-10)21-8-14(18)22-7-13(17)16-11-5-6-23(19,20)9-11/h1-4,11H,5-9H2,(H,16,17)/t11-/m1/s1. The van der Waals surface area contributed by atoms with Crippen molar-refractivity contribution >= 4 is 33.3 Å². The lowest BCUT2D eigenvalue weighted by atomic mass is 10.2. The van der Waals surface area contributed by atoms with Crippen LogP contribution in [0.5, 0.6) is 5.75 Å². The molecule has 0 saturated carbocycles. The summed E-state index contributed by atoms with van der Waals surface area (Å²) in [5.74, 6) is -0.799. The monoisotopic (exact) mass is 361 g/mol. The number of nitrogens with one attached hydrogen (secondary N) is 1. The van der Waals surface area contributed by atoms with Crippen molar-refractivity contribution in [2.24, 2.45) is 0 Å². The third-order valence-corrected chi connectivity index (χ3v) is 5.15. The summed E-state index contributed by atoms with van der Waals surface area (Å²) in [5.41, 5.74) is 0. The van der Waals surface area contributed by atoms with E-state index in [1.54, 1.807) is 24.3 Å². The van der Waals surface area contributed by atoms with E-state index in [9.17, 15) is 18.0 Å². The number of rotatable bonds is 6. The molecule has 1 N–H and O–H groups in total. The Kier molecular flexibility index (Phi) is 5.84. The Morgan fingerprint density at radius 1 is 1.22 bits per heavy atom. The van der Waals surface area contributed by atoms with Crippen molar-refractivity contribution in [3.63, 3.8) is 0 Å². The minimum atomic E-state index is -3.07. The number of halogens is 1. The number of benzene rings is 1. The highest BCUT2D eigenvalue weighted by Gasteiger charge is 2.29. The van der Waals surface area contributed by atoms with E-state index in [-0.39, 0.29) is 18.1 Å². The summed E-state index contributed by atoms with van der Waals surface area (Å²) in [6.07, 6.45) is 0.377. The summed E-state index contributed by atoms with van der Waals surface area (Å²) in [6, 6.07) is 6.01. The second kappa shape index (κ2) is 7.65. The van der Waals surface area contributed by atoms with Gasteiger partial charge in [0.1, 0.15) is 5.75 Å². The fraction of sp³-hybridized carbons (Fsp3) is 0.429. The summed E-state index contributed by atoms with van der Waals surface area (Å²) < 4.78 is 32.5. The molecule has 1 amide bonds. The van der Waals surface area contributed by atoms with Gasteiger partial charge in [-0.05, 0) is 30.7 Å². The zero-order chi connectivity index (χ0) is 16.9. The van der Waals surface area contributed by atoms with E-state index >= 15 is 0 Å². The van der Waals surface area contributed by atoms with Gasteiger partial charge in [-0.15, -0.1) is 0 Å². The molecule has 7 nitrogen and oxygen atoms in total. The van der Waals surface area contributed by atoms with Crippen molar-refractivity contribution in [3.8, 4) is 5.75 Å². The number of carbonyl (C=O) groups is 2. The van der Waals surface area contributed by atoms with Gasteiger partial charge in [0, 0.05) is 11.1 Å². The summed E-state index contributed by atoms with van der Waals surface area (Å²) in [4.78, 5) is 23.1. The van der Waals surface area contributed by atoms with E-state index in [4.69, 9.17) is 21.1 Å². The number of esters is 1. The van der Waals surface area contributed by atoms with Crippen molar-refractivity contribution in [2.75, 3.05) is 24.7 Å². The normalized spacial score (nSPS) is 19.1. The van der Waals surface area contributed by atoms with Crippen LogP contribution in [0.15, 0.2) is 24.3 Å². The molecule has 1 aromatic carbocycles. The van der Waals surface area contributed by atoms with Crippen LogP contribution in [-0.2, 0) is 24.2 Å². The van der Waals surface area contributed by atoms with Crippen LogP contribution in [0.1, 0.15) is 6.42 Å². The van der Waals surface area contributed by atoms with Gasteiger partial charge in [-0.25, -0.2) is 13.2 Å². The predicted octanol–water partition coefficient (Wildman–Crippen LogP) is 0.565. The minimum absolute atomic E-state index is 0.0622. The average molecular weight is 362 g/mol. The van der Waals surface area contributed by atoms with Crippen LogP contribution in [0.25, 0.3) is 0 Å². The van der Waals surface area contributed by atoms with Crippen LogP contribution in [-0.4, -0.2) is 51.1 Å². The zero-order valence-electron chi connectivity index (χ0n) is 12.2. The molecule has 1 aliphatic rings. The van der Waals surface area contributed by atoms with Crippen LogP contribution < -0.4 is 10.1 Å². The average Bonchev–Trinajstić information content (AvgIpc) is 2.83. The molecule has 2 rings (SSSR count). The van der Waals surface area contributed by atoms with Gasteiger partial charge < -0.3 is 14.8 Å². The first-order valence-corrected chi connectivity index (χ1v) is 9.08. The molecule has 0 aromatic heterocycles. The SMILES string of the molecule is O=C(COC(=O)COc1ccc(Cl)cc1)N[C@@H]1CCS(=O)(=O)C1. The Morgan fingerprint density at radius 2 is 1.91 bits per heavy atom. The van der Waals surface area contributed by atoms with E-state index in [2.05, 4.69) is 5.32 Å². The number of sulfone groups is 1. The Labute approximate surface area is 138 Å². The lowest BCUT2D eigenvalue weighted by Crippen LogP contribution is -2.38. The Bertz CT molecular complexity index is 673. The Morgan fingerprint density at radius 3 is 2.52 bits per heavy atom. The maximum atomic E-state index is 11.6. The molecule has 0 spiro atoms. The Balaban J connectivity index is 1.66. The van der Waals surface area contributed by atoms with E-state index < -0.39 is 34.4 Å². The number of carbonyl (C=O) groups excluding carboxylic acids is 2. The van der Waals surface area contributed by atoms with Crippen LogP contribution in [0.4, 0.5) is 0 Å². The van der Waals surface area contributed by atoms with Gasteiger partial charge in [-0.1, -0.05) is 11.6 Å². The van der Waals surface area contributed by atoms with Gasteiger partial charge in [-0.2, -0.15) is 0 Å². The Hall–Kier alpha value is -1.80. The van der Waals surface area contributed by atoms with Crippen molar-refractivity contribution in [3.05, 3.63) is 29.3 Å². The fourth-order valence-corrected chi connectivity index (χ4v) is 3.84. The summed E-state index contributed by atoms with van der Waals surface area (Å²) in [7, 11) is -3.07. The number of amides is 1. The van der Waals surface area contributed by atoms with Crippen LogP contribution in [0.3, 0.4) is 0 Å². The van der Waals surface area contributed by atoms with Crippen LogP contribution in [0, 0.1) is 0 Å². The number of hydrogen-bond acceptors (Lipinski definition) is 6. The maximum Gasteiger partial charge on any atom is 0.344 e. The molecule has 0 radical (unpaired) electrons. The van der Waals surface area contributed by atoms with Gasteiger partial charge in [0.15, 0.2) is 23.1 Å². The molecule has 23 heavy (non-hydrogen) atoms. The molecular formula is C14H16ClNO6S.